The molecule has 10 nitrogen and oxygen atoms in total. The molecule has 2 aliphatic heterocycles. The van der Waals surface area contributed by atoms with Crippen molar-refractivity contribution in [1.82, 2.24) is 0 Å². The monoisotopic (exact) mass is 594 g/mol. The molecule has 0 aliphatic carbocycles. The van der Waals surface area contributed by atoms with Crippen LogP contribution in [0.3, 0.4) is 0 Å². The Morgan fingerprint density at radius 2 is 1.64 bits per heavy atom. The summed E-state index contributed by atoms with van der Waals surface area (Å²) in [5.41, 5.74) is 0.326. The summed E-state index contributed by atoms with van der Waals surface area (Å²) in [6.07, 6.45) is 3.60. The number of methoxy groups -OCH3 is 1. The zero-order valence-corrected chi connectivity index (χ0v) is 24.6. The number of hydrogen-bond donors (Lipinski definition) is 0. The smallest absolute Gasteiger partial charge is 0.329 e. The molecular formula is C34H30N2O8. The molecule has 1 saturated heterocycles. The van der Waals surface area contributed by atoms with Crippen LogP contribution in [0.2, 0.25) is 0 Å². The Kier molecular flexibility index (Phi) is 8.23. The molecule has 10 heteroatoms. The molecule has 224 valence electrons. The first-order chi connectivity index (χ1) is 21.2. The molecule has 3 aromatic rings. The number of ether oxygens (including phenoxy) is 4. The average Bonchev–Trinajstić information content (AvgIpc) is 3.32. The van der Waals surface area contributed by atoms with Crippen LogP contribution < -0.4 is 19.1 Å². The van der Waals surface area contributed by atoms with Crippen LogP contribution in [0.15, 0.2) is 72.8 Å². The normalized spacial score (nSPS) is 21.3. The second-order valence-electron chi connectivity index (χ2n) is 10.4. The van der Waals surface area contributed by atoms with E-state index < -0.39 is 41.3 Å². The molecule has 44 heavy (non-hydrogen) atoms. The first-order valence-electron chi connectivity index (χ1n) is 14.0. The number of nitrogens with zero attached hydrogens (tertiary/aromatic N) is 2. The van der Waals surface area contributed by atoms with E-state index in [1.165, 1.54) is 39.2 Å². The second-order valence-corrected chi connectivity index (χ2v) is 10.4. The van der Waals surface area contributed by atoms with Crippen LogP contribution >= 0.6 is 0 Å². The Bertz CT molecular complexity index is 1710. The summed E-state index contributed by atoms with van der Waals surface area (Å²) in [6.45, 7) is 4.21. The maximum atomic E-state index is 14.6. The maximum absolute atomic E-state index is 14.6. The second kappa shape index (κ2) is 12.1. The maximum Gasteiger partial charge on any atom is 0.329 e. The largest absolute Gasteiger partial charge is 0.493 e. The van der Waals surface area contributed by atoms with Gasteiger partial charge in [0.05, 0.1) is 25.8 Å². The summed E-state index contributed by atoms with van der Waals surface area (Å²) in [4.78, 5) is 53.7. The van der Waals surface area contributed by atoms with E-state index in [9.17, 15) is 24.4 Å². The number of carbonyl (C=O) groups is 4. The lowest BCUT2D eigenvalue weighted by Gasteiger charge is -2.36. The minimum atomic E-state index is -1.87. The summed E-state index contributed by atoms with van der Waals surface area (Å²) in [5, 5.41) is 11.0. The van der Waals surface area contributed by atoms with E-state index in [1.54, 1.807) is 37.3 Å². The predicted molar refractivity (Wildman–Crippen MR) is 159 cm³/mol. The molecule has 3 aromatic carbocycles. The third-order valence-electron chi connectivity index (χ3n) is 7.81. The highest BCUT2D eigenvalue weighted by molar-refractivity contribution is 6.06. The number of esters is 3. The summed E-state index contributed by atoms with van der Waals surface area (Å²) in [7, 11) is 1.40. The number of ketones is 1. The molecule has 5 rings (SSSR count). The lowest BCUT2D eigenvalue weighted by Crippen LogP contribution is -2.47. The third kappa shape index (κ3) is 5.07. The van der Waals surface area contributed by atoms with E-state index in [-0.39, 0.29) is 35.2 Å². The molecule has 4 atom stereocenters. The van der Waals surface area contributed by atoms with Gasteiger partial charge in [-0.05, 0) is 60.5 Å². The first-order valence-corrected chi connectivity index (χ1v) is 14.0. The van der Waals surface area contributed by atoms with Crippen LogP contribution in [-0.2, 0) is 19.1 Å². The van der Waals surface area contributed by atoms with Crippen LogP contribution in [0.1, 0.15) is 48.2 Å². The zero-order valence-electron chi connectivity index (χ0n) is 24.6. The lowest BCUT2D eigenvalue weighted by atomic mass is 9.68. The topological polar surface area (TPSA) is 132 Å². The Morgan fingerprint density at radius 3 is 2.27 bits per heavy atom. The number of para-hydroxylation sites is 1. The van der Waals surface area contributed by atoms with E-state index in [2.05, 4.69) is 6.07 Å². The van der Waals surface area contributed by atoms with Gasteiger partial charge >= 0.3 is 17.9 Å². The van der Waals surface area contributed by atoms with Gasteiger partial charge in [-0.15, -0.1) is 0 Å². The van der Waals surface area contributed by atoms with E-state index in [4.69, 9.17) is 18.9 Å². The average molecular weight is 595 g/mol. The highest BCUT2D eigenvalue weighted by Gasteiger charge is 2.67. The highest BCUT2D eigenvalue weighted by atomic mass is 16.6. The number of hydrogen-bond acceptors (Lipinski definition) is 10. The molecule has 0 radical (unpaired) electrons. The van der Waals surface area contributed by atoms with Crippen LogP contribution in [0.5, 0.6) is 17.2 Å². The molecular weight excluding hydrogens is 564 g/mol. The van der Waals surface area contributed by atoms with Crippen molar-refractivity contribution in [1.29, 1.82) is 5.26 Å². The van der Waals surface area contributed by atoms with Crippen molar-refractivity contribution in [3.63, 3.8) is 0 Å². The van der Waals surface area contributed by atoms with Gasteiger partial charge in [0, 0.05) is 31.0 Å². The van der Waals surface area contributed by atoms with Crippen molar-refractivity contribution in [3.05, 3.63) is 89.5 Å². The zero-order chi connectivity index (χ0) is 31.6. The standard InChI is InChI=1S/C34H30N2O8/c1-5-42-33(40)34(19-35)29-17-13-22-8-6-7-9-26(22)36(29)31(32(39)23-10-14-25(15-11-23)43-20(2)37)30(34)24-12-16-27(44-21(3)38)28(18-24)41-4/h6-18,29-31H,5H2,1-4H3/t29-,30-,31-,34+/m1/s1. The third-order valence-corrected chi connectivity index (χ3v) is 7.81. The first kappa shape index (κ1) is 30.0. The van der Waals surface area contributed by atoms with E-state index in [0.717, 1.165) is 5.56 Å². The van der Waals surface area contributed by atoms with Crippen LogP contribution in [0.25, 0.3) is 6.08 Å². The van der Waals surface area contributed by atoms with Crippen LogP contribution in [0.4, 0.5) is 5.69 Å². The number of anilines is 1. The Hall–Kier alpha value is -5.43. The van der Waals surface area contributed by atoms with Crippen LogP contribution in [-0.4, -0.2) is 49.5 Å². The number of nitriles is 1. The molecule has 1 fully saturated rings. The van der Waals surface area contributed by atoms with Gasteiger partial charge in [0.1, 0.15) is 11.8 Å². The number of carbonyl (C=O) groups excluding carboxylic acids is 4. The van der Waals surface area contributed by atoms with Gasteiger partial charge in [-0.3, -0.25) is 19.2 Å². The molecule has 0 saturated carbocycles. The van der Waals surface area contributed by atoms with Gasteiger partial charge in [0.25, 0.3) is 0 Å². The fraction of sp³-hybridized carbons (Fsp3) is 0.265. The summed E-state index contributed by atoms with van der Waals surface area (Å²) < 4.78 is 21.5. The fourth-order valence-electron chi connectivity index (χ4n) is 6.13. The van der Waals surface area contributed by atoms with Gasteiger partial charge < -0.3 is 23.8 Å². The van der Waals surface area contributed by atoms with Gasteiger partial charge in [-0.1, -0.05) is 36.4 Å². The Morgan fingerprint density at radius 1 is 0.932 bits per heavy atom. The summed E-state index contributed by atoms with van der Waals surface area (Å²) in [5.74, 6) is -2.66. The Balaban J connectivity index is 1.76. The fourth-order valence-corrected chi connectivity index (χ4v) is 6.13. The molecule has 2 aliphatic rings. The van der Waals surface area contributed by atoms with E-state index >= 15 is 0 Å². The quantitative estimate of drug-likeness (QED) is 0.202. The van der Waals surface area contributed by atoms with Gasteiger partial charge in [-0.2, -0.15) is 5.26 Å². The van der Waals surface area contributed by atoms with Gasteiger partial charge in [0.15, 0.2) is 22.7 Å². The molecule has 0 bridgehead atoms. The van der Waals surface area contributed by atoms with E-state index in [0.29, 0.717) is 11.3 Å². The minimum absolute atomic E-state index is 0.0208. The summed E-state index contributed by atoms with van der Waals surface area (Å²) in [6, 6.07) is 18.6. The van der Waals surface area contributed by atoms with Crippen molar-refractivity contribution in [2.45, 2.75) is 38.8 Å². The molecule has 0 unspecified atom stereocenters. The van der Waals surface area contributed by atoms with E-state index in [1.807, 2.05) is 35.2 Å². The number of fused-ring (bicyclic) bond motifs is 3. The molecule has 0 amide bonds. The Labute approximate surface area is 254 Å². The van der Waals surface area contributed by atoms with Crippen molar-refractivity contribution in [3.8, 4) is 23.3 Å². The van der Waals surface area contributed by atoms with Gasteiger partial charge in [0.2, 0.25) is 0 Å². The SMILES string of the molecule is CCOC(=O)[C@]1(C#N)[C@H](c2ccc(OC(C)=O)c(OC)c2)[C@H](C(=O)c2ccc(OC(C)=O)cc2)N2c3ccccc3C=C[C@@H]21. The summed E-state index contributed by atoms with van der Waals surface area (Å²) >= 11 is 0. The molecule has 0 aromatic heterocycles. The number of Topliss-reactive ketones (excluding diaryl/α,β-unsaturated/α-hetero) is 1. The van der Waals surface area contributed by atoms with Crippen molar-refractivity contribution in [2.75, 3.05) is 18.6 Å². The molecule has 0 N–H and O–H groups in total. The number of benzene rings is 3. The minimum Gasteiger partial charge on any atom is -0.493 e. The van der Waals surface area contributed by atoms with Crippen molar-refractivity contribution >= 4 is 35.5 Å². The van der Waals surface area contributed by atoms with Crippen LogP contribution in [0, 0.1) is 16.7 Å². The van der Waals surface area contributed by atoms with Crippen molar-refractivity contribution in [2.24, 2.45) is 5.41 Å². The van der Waals surface area contributed by atoms with Crippen molar-refractivity contribution < 1.29 is 38.1 Å². The number of rotatable bonds is 8. The van der Waals surface area contributed by atoms with Gasteiger partial charge in [-0.25, -0.2) is 0 Å². The molecule has 2 heterocycles. The molecule has 0 spiro atoms. The predicted octanol–water partition coefficient (Wildman–Crippen LogP) is 4.87. The highest BCUT2D eigenvalue weighted by Crippen LogP contribution is 2.57. The lowest BCUT2D eigenvalue weighted by molar-refractivity contribution is -0.152.